The van der Waals surface area contributed by atoms with Crippen molar-refractivity contribution >= 4 is 5.97 Å². The molecule has 2 heteroatoms. The molecular formula is C10H18O2. The summed E-state index contributed by atoms with van der Waals surface area (Å²) < 4.78 is 0. The largest absolute Gasteiger partial charge is 0.481 e. The van der Waals surface area contributed by atoms with E-state index in [0.29, 0.717) is 12.3 Å². The van der Waals surface area contributed by atoms with Gasteiger partial charge < -0.3 is 5.11 Å². The maximum absolute atomic E-state index is 10.2. The van der Waals surface area contributed by atoms with Gasteiger partial charge in [0.25, 0.3) is 0 Å². The van der Waals surface area contributed by atoms with Crippen molar-refractivity contribution in [2.75, 3.05) is 0 Å². The van der Waals surface area contributed by atoms with Crippen LogP contribution in [-0.4, -0.2) is 11.1 Å². The van der Waals surface area contributed by atoms with Crippen LogP contribution >= 0.6 is 0 Å². The molecule has 0 aliphatic heterocycles. The normalized spacial score (nSPS) is 12.5. The van der Waals surface area contributed by atoms with Crippen LogP contribution in [0.3, 0.4) is 0 Å². The SMILES string of the molecule is C=C(C)C(C)CCCCC(=O)O. The van der Waals surface area contributed by atoms with Crippen molar-refractivity contribution in [1.82, 2.24) is 0 Å². The third-order valence-corrected chi connectivity index (χ3v) is 2.12. The summed E-state index contributed by atoms with van der Waals surface area (Å²) in [6, 6.07) is 0. The van der Waals surface area contributed by atoms with E-state index in [1.165, 1.54) is 5.57 Å². The Hall–Kier alpha value is -0.790. The van der Waals surface area contributed by atoms with Gasteiger partial charge in [0.05, 0.1) is 0 Å². The number of carbonyl (C=O) groups is 1. The van der Waals surface area contributed by atoms with E-state index in [1.54, 1.807) is 0 Å². The van der Waals surface area contributed by atoms with Gasteiger partial charge in [0.15, 0.2) is 0 Å². The standard InChI is InChI=1S/C10H18O2/c1-8(2)9(3)6-4-5-7-10(11)12/h9H,1,4-7H2,2-3H3,(H,11,12). The van der Waals surface area contributed by atoms with Gasteiger partial charge in [0.2, 0.25) is 0 Å². The number of rotatable bonds is 6. The van der Waals surface area contributed by atoms with Gasteiger partial charge in [-0.05, 0) is 25.7 Å². The molecule has 0 bridgehead atoms. The number of allylic oxidation sites excluding steroid dienone is 1. The lowest BCUT2D eigenvalue weighted by atomic mass is 9.97. The van der Waals surface area contributed by atoms with Gasteiger partial charge in [-0.2, -0.15) is 0 Å². The summed E-state index contributed by atoms with van der Waals surface area (Å²) in [6.45, 7) is 8.00. The second-order valence-corrected chi connectivity index (χ2v) is 3.39. The molecular weight excluding hydrogens is 152 g/mol. The van der Waals surface area contributed by atoms with Gasteiger partial charge >= 0.3 is 5.97 Å². The lowest BCUT2D eigenvalue weighted by molar-refractivity contribution is -0.137. The topological polar surface area (TPSA) is 37.3 Å². The highest BCUT2D eigenvalue weighted by atomic mass is 16.4. The fraction of sp³-hybridized carbons (Fsp3) is 0.700. The molecule has 0 aromatic heterocycles. The Labute approximate surface area is 74.3 Å². The lowest BCUT2D eigenvalue weighted by Crippen LogP contribution is -1.97. The number of carboxylic acid groups (broad SMARTS) is 1. The summed E-state index contributed by atoms with van der Waals surface area (Å²) in [5, 5.41) is 8.37. The van der Waals surface area contributed by atoms with Gasteiger partial charge in [-0.1, -0.05) is 25.5 Å². The Morgan fingerprint density at radius 1 is 1.50 bits per heavy atom. The van der Waals surface area contributed by atoms with Crippen molar-refractivity contribution in [3.63, 3.8) is 0 Å². The first kappa shape index (κ1) is 11.2. The van der Waals surface area contributed by atoms with Gasteiger partial charge in [-0.3, -0.25) is 4.79 Å². The van der Waals surface area contributed by atoms with E-state index in [-0.39, 0.29) is 0 Å². The van der Waals surface area contributed by atoms with Crippen molar-refractivity contribution in [1.29, 1.82) is 0 Å². The molecule has 70 valence electrons. The molecule has 1 atom stereocenters. The Kier molecular flexibility index (Phi) is 5.43. The highest BCUT2D eigenvalue weighted by Crippen LogP contribution is 2.15. The van der Waals surface area contributed by atoms with Crippen LogP contribution in [0.5, 0.6) is 0 Å². The third-order valence-electron chi connectivity index (χ3n) is 2.12. The van der Waals surface area contributed by atoms with E-state index in [2.05, 4.69) is 13.5 Å². The first-order valence-electron chi connectivity index (χ1n) is 4.41. The maximum Gasteiger partial charge on any atom is 0.303 e. The fourth-order valence-corrected chi connectivity index (χ4v) is 0.973. The maximum atomic E-state index is 10.2. The van der Waals surface area contributed by atoms with E-state index in [9.17, 15) is 4.79 Å². The summed E-state index contributed by atoms with van der Waals surface area (Å²) >= 11 is 0. The minimum absolute atomic E-state index is 0.295. The molecule has 0 spiro atoms. The number of hydrogen-bond donors (Lipinski definition) is 1. The van der Waals surface area contributed by atoms with Crippen LogP contribution in [-0.2, 0) is 4.79 Å². The third kappa shape index (κ3) is 5.96. The number of hydrogen-bond acceptors (Lipinski definition) is 1. The van der Waals surface area contributed by atoms with Crippen LogP contribution in [0.2, 0.25) is 0 Å². The Balaban J connectivity index is 3.31. The van der Waals surface area contributed by atoms with Gasteiger partial charge in [-0.15, -0.1) is 0 Å². The zero-order valence-corrected chi connectivity index (χ0v) is 7.97. The van der Waals surface area contributed by atoms with E-state index >= 15 is 0 Å². The predicted molar refractivity (Wildman–Crippen MR) is 50.1 cm³/mol. The minimum Gasteiger partial charge on any atom is -0.481 e. The molecule has 2 nitrogen and oxygen atoms in total. The highest BCUT2D eigenvalue weighted by molar-refractivity contribution is 5.66. The lowest BCUT2D eigenvalue weighted by Gasteiger charge is -2.09. The summed E-state index contributed by atoms with van der Waals surface area (Å²) in [7, 11) is 0. The molecule has 0 aromatic carbocycles. The van der Waals surface area contributed by atoms with Crippen LogP contribution in [0.4, 0.5) is 0 Å². The van der Waals surface area contributed by atoms with E-state index in [4.69, 9.17) is 5.11 Å². The fourth-order valence-electron chi connectivity index (χ4n) is 0.973. The van der Waals surface area contributed by atoms with E-state index in [0.717, 1.165) is 19.3 Å². The first-order chi connectivity index (χ1) is 5.54. The molecule has 0 rings (SSSR count). The van der Waals surface area contributed by atoms with Crippen molar-refractivity contribution in [3.8, 4) is 0 Å². The summed E-state index contributed by atoms with van der Waals surface area (Å²) in [4.78, 5) is 10.2. The number of carboxylic acids is 1. The molecule has 0 amide bonds. The van der Waals surface area contributed by atoms with Gasteiger partial charge in [0.1, 0.15) is 0 Å². The zero-order chi connectivity index (χ0) is 9.56. The van der Waals surface area contributed by atoms with Crippen molar-refractivity contribution in [3.05, 3.63) is 12.2 Å². The average molecular weight is 170 g/mol. The van der Waals surface area contributed by atoms with E-state index < -0.39 is 5.97 Å². The summed E-state index contributed by atoms with van der Waals surface area (Å²) in [5.41, 5.74) is 1.19. The van der Waals surface area contributed by atoms with Crippen LogP contribution in [0.15, 0.2) is 12.2 Å². The molecule has 1 N–H and O–H groups in total. The monoisotopic (exact) mass is 170 g/mol. The molecule has 0 aliphatic rings. The number of unbranched alkanes of at least 4 members (excludes halogenated alkanes) is 1. The average Bonchev–Trinajstić information content (AvgIpc) is 1.97. The second-order valence-electron chi connectivity index (χ2n) is 3.39. The quantitative estimate of drug-likeness (QED) is 0.491. The molecule has 0 heterocycles. The van der Waals surface area contributed by atoms with E-state index in [1.807, 2.05) is 6.92 Å². The first-order valence-corrected chi connectivity index (χ1v) is 4.41. The Morgan fingerprint density at radius 2 is 2.08 bits per heavy atom. The summed E-state index contributed by atoms with van der Waals surface area (Å²) in [5.74, 6) is -0.170. The molecule has 0 saturated carbocycles. The molecule has 1 unspecified atom stereocenters. The molecule has 0 fully saturated rings. The zero-order valence-electron chi connectivity index (χ0n) is 7.97. The smallest absolute Gasteiger partial charge is 0.303 e. The van der Waals surface area contributed by atoms with Crippen LogP contribution in [0, 0.1) is 5.92 Å². The van der Waals surface area contributed by atoms with Crippen LogP contribution in [0.1, 0.15) is 39.5 Å². The van der Waals surface area contributed by atoms with Gasteiger partial charge in [-0.25, -0.2) is 0 Å². The van der Waals surface area contributed by atoms with Crippen molar-refractivity contribution in [2.24, 2.45) is 5.92 Å². The Bertz CT molecular complexity index is 161. The predicted octanol–water partition coefficient (Wildman–Crippen LogP) is 2.84. The molecule has 0 aromatic rings. The summed E-state index contributed by atoms with van der Waals surface area (Å²) in [6.07, 6.45) is 3.12. The van der Waals surface area contributed by atoms with Crippen molar-refractivity contribution < 1.29 is 9.90 Å². The molecule has 0 radical (unpaired) electrons. The second kappa shape index (κ2) is 5.81. The Morgan fingerprint density at radius 3 is 2.50 bits per heavy atom. The van der Waals surface area contributed by atoms with Crippen LogP contribution in [0.25, 0.3) is 0 Å². The number of aliphatic carboxylic acids is 1. The van der Waals surface area contributed by atoms with Crippen molar-refractivity contribution in [2.45, 2.75) is 39.5 Å². The van der Waals surface area contributed by atoms with Gasteiger partial charge in [0, 0.05) is 6.42 Å². The molecule has 12 heavy (non-hydrogen) atoms. The molecule has 0 aliphatic carbocycles. The minimum atomic E-state index is -0.696. The highest BCUT2D eigenvalue weighted by Gasteiger charge is 2.02. The molecule has 0 saturated heterocycles. The van der Waals surface area contributed by atoms with Crippen LogP contribution < -0.4 is 0 Å².